The lowest BCUT2D eigenvalue weighted by Crippen LogP contribution is -2.39. The van der Waals surface area contributed by atoms with Crippen LogP contribution in [0, 0.1) is 0 Å². The lowest BCUT2D eigenvalue weighted by molar-refractivity contribution is -0.134. The molecule has 0 spiro atoms. The maximum atomic E-state index is 12.3. The van der Waals surface area contributed by atoms with E-state index in [0.29, 0.717) is 30.8 Å². The normalized spacial score (nSPS) is 16.2. The minimum Gasteiger partial charge on any atom is -0.484 e. The number of hydrogen-bond donors (Lipinski definition) is 3. The Balaban J connectivity index is 1.32. The molecule has 1 fully saturated rings. The van der Waals surface area contributed by atoms with Crippen molar-refractivity contribution in [1.82, 2.24) is 20.4 Å². The highest BCUT2D eigenvalue weighted by atomic mass is 32.2. The predicted molar refractivity (Wildman–Crippen MR) is 126 cm³/mol. The molecule has 1 aliphatic rings. The topological polar surface area (TPSA) is 162 Å². The van der Waals surface area contributed by atoms with Crippen molar-refractivity contribution >= 4 is 38.6 Å². The molecule has 184 valence electrons. The van der Waals surface area contributed by atoms with E-state index in [-0.39, 0.29) is 35.6 Å². The van der Waals surface area contributed by atoms with Gasteiger partial charge in [0, 0.05) is 31.5 Å². The Hall–Kier alpha value is -3.77. The zero-order valence-corrected chi connectivity index (χ0v) is 19.8. The van der Waals surface area contributed by atoms with Gasteiger partial charge in [0.2, 0.25) is 21.8 Å². The fraction of sp³-hybridized carbons (Fsp3) is 0.304. The van der Waals surface area contributed by atoms with Crippen LogP contribution in [0.3, 0.4) is 0 Å². The summed E-state index contributed by atoms with van der Waals surface area (Å²) in [5.41, 5.74) is 2.20. The molecule has 3 amide bonds. The van der Waals surface area contributed by atoms with Gasteiger partial charge < -0.3 is 10.1 Å². The van der Waals surface area contributed by atoms with E-state index < -0.39 is 15.9 Å². The smallest absolute Gasteiger partial charge is 0.257 e. The molecule has 1 aromatic heterocycles. The molecular formula is C23H25N5O6S. The van der Waals surface area contributed by atoms with E-state index in [9.17, 15) is 22.8 Å². The summed E-state index contributed by atoms with van der Waals surface area (Å²) in [5.74, 6) is -0.951. The number of nitrogens with zero attached hydrogens (tertiary/aromatic N) is 2. The molecule has 2 heterocycles. The summed E-state index contributed by atoms with van der Waals surface area (Å²) in [4.78, 5) is 35.9. The van der Waals surface area contributed by atoms with Gasteiger partial charge in [0.1, 0.15) is 5.75 Å². The van der Waals surface area contributed by atoms with E-state index in [1.54, 1.807) is 42.1 Å². The van der Waals surface area contributed by atoms with Crippen molar-refractivity contribution in [2.24, 2.45) is 12.2 Å². The Kier molecular flexibility index (Phi) is 6.85. The number of primary sulfonamides is 1. The van der Waals surface area contributed by atoms with Gasteiger partial charge in [-0.05, 0) is 42.7 Å². The molecule has 11 nitrogen and oxygen atoms in total. The Morgan fingerprint density at radius 2 is 1.97 bits per heavy atom. The molecule has 0 bridgehead atoms. The number of nitrogens with one attached hydrogen (secondary N) is 2. The van der Waals surface area contributed by atoms with Gasteiger partial charge in [-0.1, -0.05) is 12.1 Å². The van der Waals surface area contributed by atoms with Gasteiger partial charge in [0.25, 0.3) is 5.91 Å². The number of benzene rings is 2. The van der Waals surface area contributed by atoms with E-state index >= 15 is 0 Å². The largest absolute Gasteiger partial charge is 0.484 e. The summed E-state index contributed by atoms with van der Waals surface area (Å²) >= 11 is 0. The molecule has 1 atom stereocenters. The Labute approximate surface area is 201 Å². The van der Waals surface area contributed by atoms with Crippen molar-refractivity contribution in [3.8, 4) is 5.75 Å². The number of fused-ring (bicyclic) bond motifs is 1. The van der Waals surface area contributed by atoms with Crippen LogP contribution in [0.15, 0.2) is 47.4 Å². The van der Waals surface area contributed by atoms with Gasteiger partial charge in [-0.15, -0.1) is 0 Å². The summed E-state index contributed by atoms with van der Waals surface area (Å²) < 4.78 is 29.9. The van der Waals surface area contributed by atoms with Crippen LogP contribution < -0.4 is 20.5 Å². The van der Waals surface area contributed by atoms with Crippen LogP contribution in [-0.2, 0) is 37.9 Å². The lowest BCUT2D eigenvalue weighted by Gasteiger charge is -2.19. The monoisotopic (exact) mass is 499 g/mol. The van der Waals surface area contributed by atoms with Crippen molar-refractivity contribution in [1.29, 1.82) is 0 Å². The van der Waals surface area contributed by atoms with E-state index in [0.717, 1.165) is 16.5 Å². The number of piperidine rings is 1. The molecule has 1 aliphatic heterocycles. The lowest BCUT2D eigenvalue weighted by atomic mass is 9.93. The van der Waals surface area contributed by atoms with Gasteiger partial charge in [-0.25, -0.2) is 13.6 Å². The number of carbonyl (C=O) groups excluding carboxylic acids is 3. The summed E-state index contributed by atoms with van der Waals surface area (Å²) in [5, 5.41) is 15.5. The highest BCUT2D eigenvalue weighted by Gasteiger charge is 2.31. The summed E-state index contributed by atoms with van der Waals surface area (Å²) in [6, 6.07) is 11.4. The molecule has 35 heavy (non-hydrogen) atoms. The van der Waals surface area contributed by atoms with Gasteiger partial charge in [-0.2, -0.15) is 5.10 Å². The number of imide groups is 1. The third-order valence-corrected chi connectivity index (χ3v) is 6.71. The highest BCUT2D eigenvalue weighted by molar-refractivity contribution is 7.89. The highest BCUT2D eigenvalue weighted by Crippen LogP contribution is 2.31. The maximum absolute atomic E-state index is 12.3. The van der Waals surface area contributed by atoms with Crippen molar-refractivity contribution in [3.05, 3.63) is 53.7 Å². The number of aryl methyl sites for hydroxylation is 1. The zero-order chi connectivity index (χ0) is 25.2. The van der Waals surface area contributed by atoms with Crippen LogP contribution in [0.4, 0.5) is 0 Å². The number of carbonyl (C=O) groups is 3. The molecule has 2 aromatic carbocycles. The van der Waals surface area contributed by atoms with Crippen molar-refractivity contribution in [2.45, 2.75) is 30.1 Å². The van der Waals surface area contributed by atoms with Gasteiger partial charge >= 0.3 is 0 Å². The molecule has 4 rings (SSSR count). The number of hydrogen-bond acceptors (Lipinski definition) is 7. The first kappa shape index (κ1) is 24.4. The fourth-order valence-corrected chi connectivity index (χ4v) is 4.47. The maximum Gasteiger partial charge on any atom is 0.257 e. The zero-order valence-electron chi connectivity index (χ0n) is 19.0. The minimum atomic E-state index is -3.73. The molecule has 0 radical (unpaired) electrons. The third kappa shape index (κ3) is 5.66. The number of rotatable bonds is 8. The van der Waals surface area contributed by atoms with E-state index in [1.807, 2.05) is 0 Å². The van der Waals surface area contributed by atoms with Crippen LogP contribution in [0.5, 0.6) is 5.75 Å². The molecule has 0 aliphatic carbocycles. The van der Waals surface area contributed by atoms with E-state index in [2.05, 4.69) is 15.7 Å². The first-order valence-electron chi connectivity index (χ1n) is 10.9. The van der Waals surface area contributed by atoms with Gasteiger partial charge in [0.05, 0.1) is 22.0 Å². The number of nitrogens with two attached hydrogens (primary N) is 1. The quantitative estimate of drug-likeness (QED) is 0.380. The van der Waals surface area contributed by atoms with Crippen LogP contribution in [-0.4, -0.2) is 49.1 Å². The second-order valence-electron chi connectivity index (χ2n) is 8.27. The summed E-state index contributed by atoms with van der Waals surface area (Å²) in [6.07, 6.45) is 1.19. The Morgan fingerprint density at radius 1 is 1.23 bits per heavy atom. The number of sulfonamides is 1. The van der Waals surface area contributed by atoms with Crippen LogP contribution in [0.25, 0.3) is 10.9 Å². The molecular weight excluding hydrogens is 474 g/mol. The standard InChI is InChI=1S/C23H25N5O6S/c1-28-19-12-15(4-7-17(19)22(27-28)18-8-9-20(29)26-23(18)31)34-13-21(30)25-11-10-14-2-5-16(6-3-14)35(24,32)33/h2-7,12,18H,8-11,13H2,1H3,(H,25,30)(H2,24,32,33)(H,26,29,31). The second-order valence-corrected chi connectivity index (χ2v) is 9.83. The Bertz CT molecular complexity index is 1400. The summed E-state index contributed by atoms with van der Waals surface area (Å²) in [7, 11) is -1.98. The van der Waals surface area contributed by atoms with Crippen molar-refractivity contribution in [2.75, 3.05) is 13.2 Å². The Morgan fingerprint density at radius 3 is 2.66 bits per heavy atom. The van der Waals surface area contributed by atoms with Crippen molar-refractivity contribution < 1.29 is 27.5 Å². The van der Waals surface area contributed by atoms with Gasteiger partial charge in [-0.3, -0.25) is 24.4 Å². The van der Waals surface area contributed by atoms with Gasteiger partial charge in [0.15, 0.2) is 6.61 Å². The molecule has 1 saturated heterocycles. The second kappa shape index (κ2) is 9.84. The van der Waals surface area contributed by atoms with E-state index in [4.69, 9.17) is 9.88 Å². The number of ether oxygens (including phenoxy) is 1. The van der Waals surface area contributed by atoms with Crippen LogP contribution >= 0.6 is 0 Å². The molecule has 1 unspecified atom stereocenters. The molecule has 0 saturated carbocycles. The fourth-order valence-electron chi connectivity index (χ4n) is 3.96. The average Bonchev–Trinajstić information content (AvgIpc) is 3.13. The predicted octanol–water partition coefficient (Wildman–Crippen LogP) is 0.479. The molecule has 12 heteroatoms. The molecule has 4 N–H and O–H groups in total. The van der Waals surface area contributed by atoms with E-state index in [1.165, 1.54) is 12.1 Å². The van der Waals surface area contributed by atoms with Crippen LogP contribution in [0.1, 0.15) is 30.0 Å². The SMILES string of the molecule is Cn1nc(C2CCC(=O)NC2=O)c2ccc(OCC(=O)NCCc3ccc(S(N)(=O)=O)cc3)cc21. The number of aromatic nitrogens is 2. The van der Waals surface area contributed by atoms with Crippen molar-refractivity contribution in [3.63, 3.8) is 0 Å². The van der Waals surface area contributed by atoms with Crippen LogP contribution in [0.2, 0.25) is 0 Å². The first-order valence-corrected chi connectivity index (χ1v) is 12.5. The summed E-state index contributed by atoms with van der Waals surface area (Å²) in [6.45, 7) is 0.167. The number of amides is 3. The average molecular weight is 500 g/mol. The minimum absolute atomic E-state index is 0.0355. The third-order valence-electron chi connectivity index (χ3n) is 5.78. The molecule has 3 aromatic rings. The first-order chi connectivity index (χ1) is 16.6.